The van der Waals surface area contributed by atoms with E-state index in [1.165, 1.54) is 0 Å². The molecule has 23 heavy (non-hydrogen) atoms. The van der Waals surface area contributed by atoms with Gasteiger partial charge in [0.1, 0.15) is 12.6 Å². The largest absolute Gasteiger partial charge is 0.371 e. The topological polar surface area (TPSA) is 74.0 Å². The number of rotatable bonds is 4. The lowest BCUT2D eigenvalue weighted by atomic mass is 10.0. The van der Waals surface area contributed by atoms with Crippen molar-refractivity contribution < 1.29 is 9.53 Å². The third-order valence-corrected chi connectivity index (χ3v) is 4.41. The molecule has 1 fully saturated rings. The smallest absolute Gasteiger partial charge is 0.242 e. The second-order valence-corrected chi connectivity index (χ2v) is 6.15. The highest BCUT2D eigenvalue weighted by molar-refractivity contribution is 5.76. The normalized spacial score (nSPS) is 20.9. The van der Waals surface area contributed by atoms with Gasteiger partial charge in [0.15, 0.2) is 0 Å². The quantitative estimate of drug-likeness (QED) is 0.919. The Kier molecular flexibility index (Phi) is 4.21. The molecular formula is C16H23N5O2. The number of amides is 1. The number of nitrogens with zero attached hydrogens (tertiary/aromatic N) is 4. The summed E-state index contributed by atoms with van der Waals surface area (Å²) in [7, 11) is 1.91. The van der Waals surface area contributed by atoms with Gasteiger partial charge in [0.25, 0.3) is 0 Å². The van der Waals surface area contributed by atoms with Gasteiger partial charge in [-0.15, -0.1) is 0 Å². The maximum Gasteiger partial charge on any atom is 0.242 e. The first-order valence-corrected chi connectivity index (χ1v) is 7.86. The van der Waals surface area contributed by atoms with Crippen LogP contribution in [0.25, 0.3) is 0 Å². The predicted octanol–water partition coefficient (Wildman–Crippen LogP) is 1.19. The number of ether oxygens (including phenoxy) is 1. The Balaban J connectivity index is 1.68. The highest BCUT2D eigenvalue weighted by Gasteiger charge is 2.33. The summed E-state index contributed by atoms with van der Waals surface area (Å²) in [6.07, 6.45) is 2.50. The molecule has 1 aliphatic rings. The van der Waals surface area contributed by atoms with E-state index in [-0.39, 0.29) is 24.6 Å². The Morgan fingerprint density at radius 3 is 2.83 bits per heavy atom. The summed E-state index contributed by atoms with van der Waals surface area (Å²) in [5, 5.41) is 11.7. The molecule has 1 amide bonds. The van der Waals surface area contributed by atoms with Crippen molar-refractivity contribution in [3.63, 3.8) is 0 Å². The number of hydrogen-bond acceptors (Lipinski definition) is 4. The molecule has 0 aromatic carbocycles. The van der Waals surface area contributed by atoms with Crippen molar-refractivity contribution in [1.82, 2.24) is 24.9 Å². The van der Waals surface area contributed by atoms with E-state index in [2.05, 4.69) is 15.5 Å². The summed E-state index contributed by atoms with van der Waals surface area (Å²) in [5.41, 5.74) is 4.01. The number of aryl methyl sites for hydroxylation is 3. The van der Waals surface area contributed by atoms with Gasteiger partial charge in [-0.1, -0.05) is 0 Å². The summed E-state index contributed by atoms with van der Waals surface area (Å²) < 4.78 is 9.39. The molecule has 0 unspecified atom stereocenters. The first-order valence-electron chi connectivity index (χ1n) is 7.86. The minimum Gasteiger partial charge on any atom is -0.371 e. The molecule has 1 saturated heterocycles. The molecule has 2 atom stereocenters. The fraction of sp³-hybridized carbons (Fsp3) is 0.562. The highest BCUT2D eigenvalue weighted by atomic mass is 16.5. The second kappa shape index (κ2) is 6.16. The zero-order valence-electron chi connectivity index (χ0n) is 14.0. The van der Waals surface area contributed by atoms with Crippen LogP contribution in [0.3, 0.4) is 0 Å². The predicted molar refractivity (Wildman–Crippen MR) is 84.9 cm³/mol. The SMILES string of the molecule is Cc1cc(C)n(CC(=O)N[C@H]2CCO[C@@H]2c2cnn(C)c2C)n1. The minimum atomic E-state index is -0.131. The fourth-order valence-corrected chi connectivity index (χ4v) is 3.06. The van der Waals surface area contributed by atoms with Gasteiger partial charge in [-0.25, -0.2) is 0 Å². The summed E-state index contributed by atoms with van der Waals surface area (Å²) in [6, 6.07) is 1.94. The van der Waals surface area contributed by atoms with E-state index in [0.29, 0.717) is 6.61 Å². The molecule has 0 spiro atoms. The zero-order chi connectivity index (χ0) is 16.6. The molecule has 3 rings (SSSR count). The first-order chi connectivity index (χ1) is 11.0. The molecule has 0 saturated carbocycles. The van der Waals surface area contributed by atoms with Crippen LogP contribution in [0.15, 0.2) is 12.3 Å². The molecule has 2 aromatic rings. The van der Waals surface area contributed by atoms with E-state index in [0.717, 1.165) is 29.1 Å². The average Bonchev–Trinajstić information content (AvgIpc) is 3.14. The minimum absolute atomic E-state index is 0.0256. The summed E-state index contributed by atoms with van der Waals surface area (Å²) in [6.45, 7) is 6.76. The Labute approximate surface area is 135 Å². The maximum absolute atomic E-state index is 12.3. The van der Waals surface area contributed by atoms with Gasteiger partial charge < -0.3 is 10.1 Å². The Bertz CT molecular complexity index is 718. The lowest BCUT2D eigenvalue weighted by molar-refractivity contribution is -0.123. The van der Waals surface area contributed by atoms with Crippen molar-refractivity contribution in [2.45, 2.75) is 45.9 Å². The second-order valence-electron chi connectivity index (χ2n) is 6.15. The van der Waals surface area contributed by atoms with E-state index in [1.54, 1.807) is 4.68 Å². The monoisotopic (exact) mass is 317 g/mol. The number of carbonyl (C=O) groups excluding carboxylic acids is 1. The van der Waals surface area contributed by atoms with E-state index in [1.807, 2.05) is 44.8 Å². The summed E-state index contributed by atoms with van der Waals surface area (Å²) in [4.78, 5) is 12.3. The first kappa shape index (κ1) is 15.7. The van der Waals surface area contributed by atoms with Gasteiger partial charge in [-0.3, -0.25) is 14.2 Å². The Morgan fingerprint density at radius 1 is 1.43 bits per heavy atom. The van der Waals surface area contributed by atoms with Crippen LogP contribution >= 0.6 is 0 Å². The molecule has 3 heterocycles. The third-order valence-electron chi connectivity index (χ3n) is 4.41. The van der Waals surface area contributed by atoms with Gasteiger partial charge in [-0.05, 0) is 33.3 Å². The molecule has 0 bridgehead atoms. The van der Waals surface area contributed by atoms with Gasteiger partial charge in [0.05, 0.1) is 17.9 Å². The van der Waals surface area contributed by atoms with Crippen LogP contribution in [-0.4, -0.2) is 38.1 Å². The van der Waals surface area contributed by atoms with Crippen molar-refractivity contribution in [2.24, 2.45) is 7.05 Å². The van der Waals surface area contributed by atoms with Crippen LogP contribution in [-0.2, 0) is 23.1 Å². The van der Waals surface area contributed by atoms with Crippen molar-refractivity contribution in [2.75, 3.05) is 6.61 Å². The van der Waals surface area contributed by atoms with Crippen molar-refractivity contribution >= 4 is 5.91 Å². The molecule has 7 nitrogen and oxygen atoms in total. The standard InChI is InChI=1S/C16H23N5O2/c1-10-7-11(2)21(19-10)9-15(22)18-14-5-6-23-16(14)13-8-17-20(4)12(13)3/h7-8,14,16H,5-6,9H2,1-4H3,(H,18,22)/t14-,16+/m0/s1. The molecule has 0 aliphatic carbocycles. The number of carbonyl (C=O) groups is 1. The van der Waals surface area contributed by atoms with Crippen molar-refractivity contribution in [3.05, 3.63) is 34.9 Å². The Morgan fingerprint density at radius 2 is 2.22 bits per heavy atom. The lowest BCUT2D eigenvalue weighted by Gasteiger charge is -2.20. The van der Waals surface area contributed by atoms with E-state index in [9.17, 15) is 4.79 Å². The van der Waals surface area contributed by atoms with Crippen LogP contribution in [0.1, 0.15) is 35.2 Å². The van der Waals surface area contributed by atoms with Gasteiger partial charge in [0.2, 0.25) is 5.91 Å². The molecule has 1 aliphatic heterocycles. The van der Waals surface area contributed by atoms with Crippen LogP contribution in [0, 0.1) is 20.8 Å². The summed E-state index contributed by atoms with van der Waals surface area (Å²) in [5.74, 6) is -0.0433. The molecule has 7 heteroatoms. The van der Waals surface area contributed by atoms with E-state index >= 15 is 0 Å². The lowest BCUT2D eigenvalue weighted by Crippen LogP contribution is -2.39. The van der Waals surface area contributed by atoms with Gasteiger partial charge in [0, 0.05) is 30.6 Å². The molecule has 1 N–H and O–H groups in total. The fourth-order valence-electron chi connectivity index (χ4n) is 3.06. The highest BCUT2D eigenvalue weighted by Crippen LogP contribution is 2.30. The van der Waals surface area contributed by atoms with Crippen LogP contribution in [0.5, 0.6) is 0 Å². The number of nitrogens with one attached hydrogen (secondary N) is 1. The molecule has 0 radical (unpaired) electrons. The third kappa shape index (κ3) is 3.14. The van der Waals surface area contributed by atoms with Crippen molar-refractivity contribution in [1.29, 1.82) is 0 Å². The van der Waals surface area contributed by atoms with E-state index in [4.69, 9.17) is 4.74 Å². The number of hydrogen-bond donors (Lipinski definition) is 1. The van der Waals surface area contributed by atoms with E-state index < -0.39 is 0 Å². The van der Waals surface area contributed by atoms with Crippen LogP contribution in [0.2, 0.25) is 0 Å². The van der Waals surface area contributed by atoms with Gasteiger partial charge >= 0.3 is 0 Å². The molecule has 2 aromatic heterocycles. The number of aromatic nitrogens is 4. The summed E-state index contributed by atoms with van der Waals surface area (Å²) >= 11 is 0. The average molecular weight is 317 g/mol. The van der Waals surface area contributed by atoms with Gasteiger partial charge in [-0.2, -0.15) is 10.2 Å². The molecule has 124 valence electrons. The van der Waals surface area contributed by atoms with Crippen LogP contribution < -0.4 is 5.32 Å². The zero-order valence-corrected chi connectivity index (χ0v) is 14.0. The van der Waals surface area contributed by atoms with Crippen LogP contribution in [0.4, 0.5) is 0 Å². The molecular weight excluding hydrogens is 294 g/mol. The van der Waals surface area contributed by atoms with Crippen molar-refractivity contribution in [3.8, 4) is 0 Å². The Hall–Kier alpha value is -2.15. The maximum atomic E-state index is 12.3.